The Kier molecular flexibility index (Phi) is 1.81. The zero-order valence-electron chi connectivity index (χ0n) is 5.29. The monoisotopic (exact) mass is 181 g/mol. The van der Waals surface area contributed by atoms with E-state index in [2.05, 4.69) is 0 Å². The van der Waals surface area contributed by atoms with Crippen LogP contribution in [0.3, 0.4) is 0 Å². The largest absolute Gasteiger partial charge is 0.0827 e. The molecule has 3 heteroatoms. The fourth-order valence-electron chi connectivity index (χ4n) is 0.429. The average Bonchev–Trinajstić information content (AvgIpc) is 1.93. The maximum absolute atomic E-state index is 7.18. The lowest BCUT2D eigenvalue weighted by molar-refractivity contribution is 1.70. The second kappa shape index (κ2) is 2.78. The van der Waals surface area contributed by atoms with Crippen molar-refractivity contribution in [3.63, 3.8) is 0 Å². The Morgan fingerprint density at radius 3 is 2.44 bits per heavy atom. The quantitative estimate of drug-likeness (QED) is 0.537. The summed E-state index contributed by atoms with van der Waals surface area (Å²) in [5.41, 5.74) is 0. The highest BCUT2D eigenvalue weighted by molar-refractivity contribution is 6.47. The van der Waals surface area contributed by atoms with E-state index in [9.17, 15) is 0 Å². The summed E-state index contributed by atoms with van der Waals surface area (Å²) in [5.74, 6) is 0. The Balaban J connectivity index is 3.34. The van der Waals surface area contributed by atoms with Crippen molar-refractivity contribution in [2.24, 2.45) is 0 Å². The van der Waals surface area contributed by atoms with Crippen molar-refractivity contribution < 1.29 is 1.37 Å². The minimum atomic E-state index is 0.191. The third kappa shape index (κ3) is 1.51. The van der Waals surface area contributed by atoms with Crippen molar-refractivity contribution >= 4 is 34.8 Å². The van der Waals surface area contributed by atoms with E-state index in [1.54, 1.807) is 0 Å². The fourth-order valence-corrected chi connectivity index (χ4v) is 0.918. The molecule has 0 heterocycles. The molecule has 0 N–H and O–H groups in total. The molecule has 0 atom stereocenters. The van der Waals surface area contributed by atoms with Gasteiger partial charge in [0.05, 0.1) is 16.4 Å². The van der Waals surface area contributed by atoms with Crippen molar-refractivity contribution in [1.29, 1.82) is 0 Å². The van der Waals surface area contributed by atoms with Crippen LogP contribution in [0, 0.1) is 0 Å². The van der Waals surface area contributed by atoms with Crippen LogP contribution in [0.2, 0.25) is 15.1 Å². The van der Waals surface area contributed by atoms with Crippen molar-refractivity contribution in [1.82, 2.24) is 0 Å². The second-order valence-corrected chi connectivity index (χ2v) is 2.62. The first-order valence-electron chi connectivity index (χ1n) is 2.73. The summed E-state index contributed by atoms with van der Waals surface area (Å²) in [6.45, 7) is 0. The van der Waals surface area contributed by atoms with Crippen LogP contribution >= 0.6 is 34.8 Å². The minimum absolute atomic E-state index is 0.191. The molecule has 0 unspecified atom stereocenters. The van der Waals surface area contributed by atoms with E-state index < -0.39 is 0 Å². The van der Waals surface area contributed by atoms with Gasteiger partial charge in [0, 0.05) is 0 Å². The number of hydrogen-bond donors (Lipinski definition) is 0. The molecule has 0 aliphatic rings. The lowest BCUT2D eigenvalue weighted by Gasteiger charge is -1.94. The molecule has 9 heavy (non-hydrogen) atoms. The SMILES string of the molecule is [2H]c1ccc(Cl)c(Cl)c1Cl. The summed E-state index contributed by atoms with van der Waals surface area (Å²) in [4.78, 5) is 0. The highest BCUT2D eigenvalue weighted by Gasteiger charge is 1.98. The Morgan fingerprint density at radius 1 is 1.22 bits per heavy atom. The zero-order valence-corrected chi connectivity index (χ0v) is 6.56. The van der Waals surface area contributed by atoms with Gasteiger partial charge in [-0.3, -0.25) is 0 Å². The van der Waals surface area contributed by atoms with Gasteiger partial charge in [0.2, 0.25) is 0 Å². The van der Waals surface area contributed by atoms with Crippen molar-refractivity contribution in [3.8, 4) is 0 Å². The molecule has 0 radical (unpaired) electrons. The molecule has 0 amide bonds. The molecule has 0 bridgehead atoms. The predicted octanol–water partition coefficient (Wildman–Crippen LogP) is 3.65. The van der Waals surface area contributed by atoms with Gasteiger partial charge in [0.15, 0.2) is 0 Å². The summed E-state index contributed by atoms with van der Waals surface area (Å²) in [6.07, 6.45) is 0. The number of rotatable bonds is 0. The summed E-state index contributed by atoms with van der Waals surface area (Å²) in [5, 5.41) is 0.827. The zero-order chi connectivity index (χ0) is 7.72. The van der Waals surface area contributed by atoms with Gasteiger partial charge in [0.1, 0.15) is 0 Å². The molecule has 0 saturated carbocycles. The Hall–Kier alpha value is 0.0900. The normalized spacial score (nSPS) is 11.2. The first-order valence-corrected chi connectivity index (χ1v) is 3.36. The van der Waals surface area contributed by atoms with Gasteiger partial charge < -0.3 is 0 Å². The molecule has 0 aliphatic heterocycles. The van der Waals surface area contributed by atoms with Crippen LogP contribution in [0.4, 0.5) is 0 Å². The van der Waals surface area contributed by atoms with Crippen LogP contribution in [0.25, 0.3) is 0 Å². The van der Waals surface area contributed by atoms with E-state index >= 15 is 0 Å². The smallest absolute Gasteiger partial charge is 0.0778 e. The van der Waals surface area contributed by atoms with E-state index in [-0.39, 0.29) is 16.1 Å². The van der Waals surface area contributed by atoms with Crippen LogP contribution in [-0.2, 0) is 0 Å². The van der Waals surface area contributed by atoms with Crippen molar-refractivity contribution in [3.05, 3.63) is 33.2 Å². The molecular weight excluding hydrogens is 178 g/mol. The van der Waals surface area contributed by atoms with Gasteiger partial charge in [0.25, 0.3) is 0 Å². The third-order valence-electron chi connectivity index (χ3n) is 0.842. The fraction of sp³-hybridized carbons (Fsp3) is 0. The van der Waals surface area contributed by atoms with E-state index in [0.717, 1.165) is 0 Å². The van der Waals surface area contributed by atoms with E-state index in [0.29, 0.717) is 5.02 Å². The molecule has 0 aliphatic carbocycles. The number of hydrogen-bond acceptors (Lipinski definition) is 0. The van der Waals surface area contributed by atoms with Crippen LogP contribution in [-0.4, -0.2) is 0 Å². The molecule has 0 aromatic heterocycles. The second-order valence-electron chi connectivity index (χ2n) is 1.45. The van der Waals surface area contributed by atoms with Crippen LogP contribution in [0.1, 0.15) is 1.37 Å². The summed E-state index contributed by atoms with van der Waals surface area (Å²) >= 11 is 16.8. The highest BCUT2D eigenvalue weighted by atomic mass is 35.5. The third-order valence-corrected chi connectivity index (χ3v) is 2.04. The van der Waals surface area contributed by atoms with Crippen LogP contribution < -0.4 is 0 Å². The summed E-state index contributed by atoms with van der Waals surface area (Å²) in [7, 11) is 0. The summed E-state index contributed by atoms with van der Waals surface area (Å²) < 4.78 is 7.18. The first kappa shape index (κ1) is 5.84. The number of benzene rings is 1. The van der Waals surface area contributed by atoms with E-state index in [1.165, 1.54) is 12.1 Å². The summed E-state index contributed by atoms with van der Waals surface area (Å²) in [6, 6.07) is 3.23. The molecule has 48 valence electrons. The van der Waals surface area contributed by atoms with Gasteiger partial charge in [-0.2, -0.15) is 0 Å². The minimum Gasteiger partial charge on any atom is -0.0827 e. The Morgan fingerprint density at radius 2 is 1.89 bits per heavy atom. The van der Waals surface area contributed by atoms with Gasteiger partial charge in [-0.15, -0.1) is 0 Å². The van der Waals surface area contributed by atoms with Gasteiger partial charge in [-0.25, -0.2) is 0 Å². The standard InChI is InChI=1S/C6H3Cl3/c7-4-2-1-3-5(8)6(4)9/h1-3H/i2D. The molecule has 1 rings (SSSR count). The van der Waals surface area contributed by atoms with E-state index in [4.69, 9.17) is 36.2 Å². The van der Waals surface area contributed by atoms with E-state index in [1.807, 2.05) is 0 Å². The molecule has 1 aromatic carbocycles. The Labute approximate surface area is 69.7 Å². The molecule has 0 fully saturated rings. The Bertz CT molecular complexity index is 232. The predicted molar refractivity (Wildman–Crippen MR) is 41.5 cm³/mol. The van der Waals surface area contributed by atoms with Gasteiger partial charge in [-0.1, -0.05) is 40.9 Å². The maximum atomic E-state index is 7.18. The molecule has 0 spiro atoms. The lowest BCUT2D eigenvalue weighted by Crippen LogP contribution is -1.67. The van der Waals surface area contributed by atoms with Crippen molar-refractivity contribution in [2.75, 3.05) is 0 Å². The molecule has 0 saturated heterocycles. The van der Waals surface area contributed by atoms with Gasteiger partial charge in [-0.05, 0) is 12.1 Å². The van der Waals surface area contributed by atoms with Crippen LogP contribution in [0.15, 0.2) is 18.2 Å². The van der Waals surface area contributed by atoms with Gasteiger partial charge >= 0.3 is 0 Å². The topological polar surface area (TPSA) is 0 Å². The molecule has 0 nitrogen and oxygen atoms in total. The molecule has 1 aromatic rings. The first-order chi connectivity index (χ1) is 4.63. The number of halogens is 3. The van der Waals surface area contributed by atoms with Crippen LogP contribution in [0.5, 0.6) is 0 Å². The lowest BCUT2D eigenvalue weighted by atomic mass is 10.4. The highest BCUT2D eigenvalue weighted by Crippen LogP contribution is 2.28. The maximum Gasteiger partial charge on any atom is 0.0778 e. The average molecular weight is 182 g/mol. The molecular formula is C6H3Cl3. The van der Waals surface area contributed by atoms with Crippen molar-refractivity contribution in [2.45, 2.75) is 0 Å².